The van der Waals surface area contributed by atoms with Crippen molar-refractivity contribution in [1.29, 1.82) is 0 Å². The maximum Gasteiger partial charge on any atom is 0.138 e. The van der Waals surface area contributed by atoms with Gasteiger partial charge in [0.15, 0.2) is 0 Å². The SMILES string of the molecule is Fc1ccc(-c2nocc2Br)cc1. The van der Waals surface area contributed by atoms with Crippen molar-refractivity contribution in [3.63, 3.8) is 0 Å². The largest absolute Gasteiger partial charge is 0.363 e. The Bertz CT molecular complexity index is 410. The van der Waals surface area contributed by atoms with E-state index in [0.717, 1.165) is 10.0 Å². The lowest BCUT2D eigenvalue weighted by atomic mass is 10.1. The maximum absolute atomic E-state index is 12.6. The lowest BCUT2D eigenvalue weighted by Crippen LogP contribution is -1.78. The Morgan fingerprint density at radius 1 is 1.23 bits per heavy atom. The van der Waals surface area contributed by atoms with Crippen molar-refractivity contribution in [2.45, 2.75) is 0 Å². The molecule has 0 saturated carbocycles. The molecule has 1 aromatic carbocycles. The Morgan fingerprint density at radius 2 is 1.92 bits per heavy atom. The molecule has 0 unspecified atom stereocenters. The summed E-state index contributed by atoms with van der Waals surface area (Å²) in [6.07, 6.45) is 1.48. The highest BCUT2D eigenvalue weighted by atomic mass is 79.9. The summed E-state index contributed by atoms with van der Waals surface area (Å²) < 4.78 is 18.1. The van der Waals surface area contributed by atoms with Gasteiger partial charge >= 0.3 is 0 Å². The van der Waals surface area contributed by atoms with Crippen molar-refractivity contribution < 1.29 is 8.91 Å². The minimum atomic E-state index is -0.261. The first kappa shape index (κ1) is 8.44. The van der Waals surface area contributed by atoms with Crippen molar-refractivity contribution in [2.75, 3.05) is 0 Å². The molecule has 0 N–H and O–H groups in total. The second-order valence-corrected chi connectivity index (χ2v) is 3.37. The average Bonchev–Trinajstić information content (AvgIpc) is 2.53. The van der Waals surface area contributed by atoms with E-state index >= 15 is 0 Å². The van der Waals surface area contributed by atoms with E-state index in [0.29, 0.717) is 5.69 Å². The van der Waals surface area contributed by atoms with Gasteiger partial charge in [-0.05, 0) is 40.2 Å². The monoisotopic (exact) mass is 241 g/mol. The van der Waals surface area contributed by atoms with Gasteiger partial charge < -0.3 is 4.52 Å². The molecule has 0 aliphatic carbocycles. The number of rotatable bonds is 1. The zero-order valence-corrected chi connectivity index (χ0v) is 8.08. The van der Waals surface area contributed by atoms with Crippen molar-refractivity contribution in [2.24, 2.45) is 0 Å². The van der Waals surface area contributed by atoms with Crippen LogP contribution in [-0.4, -0.2) is 5.16 Å². The van der Waals surface area contributed by atoms with E-state index in [-0.39, 0.29) is 5.82 Å². The third-order valence-corrected chi connectivity index (χ3v) is 2.21. The highest BCUT2D eigenvalue weighted by Gasteiger charge is 2.06. The van der Waals surface area contributed by atoms with Crippen LogP contribution >= 0.6 is 15.9 Å². The summed E-state index contributed by atoms with van der Waals surface area (Å²) in [6.45, 7) is 0. The fraction of sp³-hybridized carbons (Fsp3) is 0. The summed E-state index contributed by atoms with van der Waals surface area (Å²) in [4.78, 5) is 0. The molecule has 0 radical (unpaired) electrons. The fourth-order valence-corrected chi connectivity index (χ4v) is 1.41. The van der Waals surface area contributed by atoms with Gasteiger partial charge in [-0.2, -0.15) is 0 Å². The van der Waals surface area contributed by atoms with Crippen molar-refractivity contribution in [1.82, 2.24) is 5.16 Å². The zero-order valence-electron chi connectivity index (χ0n) is 6.50. The maximum atomic E-state index is 12.6. The first-order valence-corrected chi connectivity index (χ1v) is 4.42. The van der Waals surface area contributed by atoms with Crippen LogP contribution in [0.5, 0.6) is 0 Å². The molecule has 0 bridgehead atoms. The molecule has 1 heterocycles. The van der Waals surface area contributed by atoms with E-state index in [4.69, 9.17) is 4.52 Å². The van der Waals surface area contributed by atoms with Crippen LogP contribution in [-0.2, 0) is 0 Å². The molecule has 13 heavy (non-hydrogen) atoms. The highest BCUT2D eigenvalue weighted by Crippen LogP contribution is 2.26. The third-order valence-electron chi connectivity index (χ3n) is 1.64. The second kappa shape index (κ2) is 3.30. The quantitative estimate of drug-likeness (QED) is 0.767. The third kappa shape index (κ3) is 1.62. The summed E-state index contributed by atoms with van der Waals surface area (Å²) in [5, 5.41) is 3.77. The molecule has 2 aromatic rings. The van der Waals surface area contributed by atoms with Crippen LogP contribution in [0.1, 0.15) is 0 Å². The molecule has 0 aliphatic rings. The van der Waals surface area contributed by atoms with Gasteiger partial charge in [0, 0.05) is 5.56 Å². The minimum Gasteiger partial charge on any atom is -0.363 e. The Labute approximate surface area is 82.5 Å². The van der Waals surface area contributed by atoms with E-state index in [1.54, 1.807) is 12.1 Å². The first-order chi connectivity index (χ1) is 6.27. The van der Waals surface area contributed by atoms with Crippen LogP contribution in [0.25, 0.3) is 11.3 Å². The number of nitrogens with zero attached hydrogens (tertiary/aromatic N) is 1. The lowest BCUT2D eigenvalue weighted by Gasteiger charge is -1.95. The van der Waals surface area contributed by atoms with Crippen LogP contribution in [0, 0.1) is 5.82 Å². The number of hydrogen-bond acceptors (Lipinski definition) is 2. The lowest BCUT2D eigenvalue weighted by molar-refractivity contribution is 0.422. The van der Waals surface area contributed by atoms with Gasteiger partial charge in [0.25, 0.3) is 0 Å². The molecule has 0 aliphatic heterocycles. The van der Waals surface area contributed by atoms with Gasteiger partial charge in [0.05, 0.1) is 4.47 Å². The molecule has 1 aromatic heterocycles. The van der Waals surface area contributed by atoms with Gasteiger partial charge in [-0.25, -0.2) is 4.39 Å². The highest BCUT2D eigenvalue weighted by molar-refractivity contribution is 9.10. The number of aromatic nitrogens is 1. The van der Waals surface area contributed by atoms with Crippen LogP contribution in [0.3, 0.4) is 0 Å². The summed E-state index contributed by atoms with van der Waals surface area (Å²) in [6, 6.07) is 6.07. The van der Waals surface area contributed by atoms with Gasteiger partial charge in [-0.1, -0.05) is 5.16 Å². The summed E-state index contributed by atoms with van der Waals surface area (Å²) in [5.74, 6) is -0.261. The van der Waals surface area contributed by atoms with Crippen LogP contribution in [0.15, 0.2) is 39.5 Å². The van der Waals surface area contributed by atoms with E-state index in [1.807, 2.05) is 0 Å². The Hall–Kier alpha value is -1.16. The second-order valence-electron chi connectivity index (χ2n) is 2.52. The molecule has 2 rings (SSSR count). The summed E-state index contributed by atoms with van der Waals surface area (Å²) >= 11 is 3.27. The standard InChI is InChI=1S/C9H5BrFNO/c10-8-5-13-12-9(8)6-1-3-7(11)4-2-6/h1-5H. The molecule has 0 saturated heterocycles. The fourth-order valence-electron chi connectivity index (χ4n) is 1.02. The molecular weight excluding hydrogens is 237 g/mol. The first-order valence-electron chi connectivity index (χ1n) is 3.63. The Kier molecular flexibility index (Phi) is 2.14. The van der Waals surface area contributed by atoms with E-state index in [9.17, 15) is 4.39 Å². The normalized spacial score (nSPS) is 10.3. The number of halogens is 2. The molecule has 4 heteroatoms. The predicted molar refractivity (Wildman–Crippen MR) is 49.6 cm³/mol. The van der Waals surface area contributed by atoms with Crippen molar-refractivity contribution in [3.8, 4) is 11.3 Å². The van der Waals surface area contributed by atoms with Gasteiger partial charge in [-0.3, -0.25) is 0 Å². The van der Waals surface area contributed by atoms with Crippen LogP contribution in [0.4, 0.5) is 4.39 Å². The van der Waals surface area contributed by atoms with Gasteiger partial charge in [-0.15, -0.1) is 0 Å². The molecule has 66 valence electrons. The smallest absolute Gasteiger partial charge is 0.138 e. The molecule has 0 fully saturated rings. The molecule has 2 nitrogen and oxygen atoms in total. The Morgan fingerprint density at radius 3 is 2.46 bits per heavy atom. The van der Waals surface area contributed by atoms with Crippen LogP contribution < -0.4 is 0 Å². The number of benzene rings is 1. The van der Waals surface area contributed by atoms with Gasteiger partial charge in [0.2, 0.25) is 0 Å². The molecule has 0 spiro atoms. The minimum absolute atomic E-state index is 0.261. The molecule has 0 amide bonds. The Balaban J connectivity index is 2.47. The predicted octanol–water partition coefficient (Wildman–Crippen LogP) is 3.24. The van der Waals surface area contributed by atoms with E-state index < -0.39 is 0 Å². The summed E-state index contributed by atoms with van der Waals surface area (Å²) in [7, 11) is 0. The molecule has 0 atom stereocenters. The van der Waals surface area contributed by atoms with Crippen molar-refractivity contribution in [3.05, 3.63) is 40.8 Å². The average molecular weight is 242 g/mol. The zero-order chi connectivity index (χ0) is 9.26. The molecular formula is C9H5BrFNO. The van der Waals surface area contributed by atoms with E-state index in [1.165, 1.54) is 18.4 Å². The van der Waals surface area contributed by atoms with Gasteiger partial charge in [0.1, 0.15) is 17.8 Å². The topological polar surface area (TPSA) is 26.0 Å². The summed E-state index contributed by atoms with van der Waals surface area (Å²) in [5.41, 5.74) is 1.50. The van der Waals surface area contributed by atoms with E-state index in [2.05, 4.69) is 21.1 Å². The van der Waals surface area contributed by atoms with Crippen LogP contribution in [0.2, 0.25) is 0 Å². The number of hydrogen-bond donors (Lipinski definition) is 0. The van der Waals surface area contributed by atoms with Crippen molar-refractivity contribution >= 4 is 15.9 Å².